The minimum absolute atomic E-state index is 0.277. The molecule has 0 N–H and O–H groups in total. The van der Waals surface area contributed by atoms with Crippen molar-refractivity contribution >= 4 is 9.84 Å². The Balaban J connectivity index is 3.90. The highest BCUT2D eigenvalue weighted by Gasteiger charge is 2.13. The molecule has 0 spiro atoms. The van der Waals surface area contributed by atoms with Crippen LogP contribution in [0.5, 0.6) is 0 Å². The minimum Gasteiger partial charge on any atom is -0.383 e. The van der Waals surface area contributed by atoms with Crippen molar-refractivity contribution in [1.82, 2.24) is 0 Å². The molecule has 0 bridgehead atoms. The maximum Gasteiger partial charge on any atom is 0.152 e. The van der Waals surface area contributed by atoms with E-state index < -0.39 is 9.84 Å². The second-order valence-corrected chi connectivity index (χ2v) is 4.56. The molecule has 0 heterocycles. The Hall–Kier alpha value is -0.0900. The van der Waals surface area contributed by atoms with Gasteiger partial charge in [-0.2, -0.15) is 0 Å². The van der Waals surface area contributed by atoms with Crippen LogP contribution in [0.2, 0.25) is 0 Å². The van der Waals surface area contributed by atoms with E-state index in [4.69, 9.17) is 0 Å². The average Bonchev–Trinajstić information content (AvgIpc) is 1.64. The largest absolute Gasteiger partial charge is 0.383 e. The summed E-state index contributed by atoms with van der Waals surface area (Å²) in [5.74, 6) is 0. The fourth-order valence-corrected chi connectivity index (χ4v) is 0.742. The van der Waals surface area contributed by atoms with Gasteiger partial charge in [-0.1, -0.05) is 0 Å². The summed E-state index contributed by atoms with van der Waals surface area (Å²) in [6.45, 7) is 1.90. The molecule has 3 nitrogen and oxygen atoms in total. The van der Waals surface area contributed by atoms with Crippen LogP contribution in [0, 0.1) is 0 Å². The molecule has 0 rings (SSSR count). The van der Waals surface area contributed by atoms with Gasteiger partial charge < -0.3 is 4.74 Å². The minimum atomic E-state index is -2.89. The van der Waals surface area contributed by atoms with Gasteiger partial charge in [0.05, 0.1) is 11.9 Å². The zero-order valence-electron chi connectivity index (χ0n) is 5.92. The van der Waals surface area contributed by atoms with Crippen molar-refractivity contribution in [3.05, 3.63) is 0 Å². The van der Waals surface area contributed by atoms with Crippen LogP contribution in [0.4, 0.5) is 0 Å². The molecule has 1 unspecified atom stereocenters. The molecule has 56 valence electrons. The molecule has 0 aliphatic carbocycles. The molecule has 9 heavy (non-hydrogen) atoms. The molecule has 0 saturated carbocycles. The van der Waals surface area contributed by atoms with Crippen molar-refractivity contribution in [1.29, 1.82) is 0 Å². The van der Waals surface area contributed by atoms with E-state index in [0.717, 1.165) is 0 Å². The van der Waals surface area contributed by atoms with E-state index in [0.29, 0.717) is 0 Å². The Kier molecular flexibility index (Phi) is 3.14. The van der Waals surface area contributed by atoms with Crippen LogP contribution in [-0.2, 0) is 14.6 Å². The second-order valence-electron chi connectivity index (χ2n) is 2.10. The van der Waals surface area contributed by atoms with Crippen LogP contribution in [0.25, 0.3) is 0 Å². The molecule has 0 aliphatic rings. The molecule has 1 atom stereocenters. The highest BCUT2D eigenvalue weighted by molar-refractivity contribution is 7.91. The van der Waals surface area contributed by atoms with Gasteiger partial charge in [-0.15, -0.1) is 0 Å². The summed E-state index contributed by atoms with van der Waals surface area (Å²) in [6.07, 6.45) is 1.21. The number of sulfone groups is 1. The van der Waals surface area contributed by atoms with Crippen LogP contribution >= 0.6 is 0 Å². The third-order valence-corrected chi connectivity index (χ3v) is 2.73. The predicted molar refractivity (Wildman–Crippen MR) is 36.2 cm³/mol. The fourth-order valence-electron chi connectivity index (χ4n) is 0.358. The third kappa shape index (κ3) is 3.48. The van der Waals surface area contributed by atoms with Gasteiger partial charge in [0.25, 0.3) is 0 Å². The Bertz CT molecular complexity index is 159. The molecular formula is C5H12O3S. The SMILES string of the molecule is COCC(C)S(C)(=O)=O. The zero-order valence-corrected chi connectivity index (χ0v) is 6.73. The Labute approximate surface area is 55.9 Å². The van der Waals surface area contributed by atoms with Gasteiger partial charge in [0.2, 0.25) is 0 Å². The lowest BCUT2D eigenvalue weighted by Gasteiger charge is -2.05. The Morgan fingerprint density at radius 1 is 1.56 bits per heavy atom. The number of methoxy groups -OCH3 is 1. The van der Waals surface area contributed by atoms with Crippen LogP contribution in [0.1, 0.15) is 6.92 Å². The van der Waals surface area contributed by atoms with Crippen molar-refractivity contribution in [2.75, 3.05) is 20.0 Å². The van der Waals surface area contributed by atoms with Gasteiger partial charge in [0.1, 0.15) is 0 Å². The summed E-state index contributed by atoms with van der Waals surface area (Å²) in [5.41, 5.74) is 0. The number of rotatable bonds is 3. The maximum atomic E-state index is 10.6. The summed E-state index contributed by atoms with van der Waals surface area (Å²) < 4.78 is 25.9. The van der Waals surface area contributed by atoms with Crippen LogP contribution in [0.15, 0.2) is 0 Å². The summed E-state index contributed by atoms with van der Waals surface area (Å²) in [5, 5.41) is -0.387. The van der Waals surface area contributed by atoms with E-state index in [1.54, 1.807) is 6.92 Å². The number of hydrogen-bond acceptors (Lipinski definition) is 3. The second kappa shape index (κ2) is 3.17. The Morgan fingerprint density at radius 2 is 2.00 bits per heavy atom. The summed E-state index contributed by atoms with van der Waals surface area (Å²) in [7, 11) is -1.40. The van der Waals surface area contributed by atoms with E-state index in [1.165, 1.54) is 13.4 Å². The standard InChI is InChI=1S/C5H12O3S/c1-5(4-8-2)9(3,6)7/h5H,4H2,1-3H3. The predicted octanol–water partition coefficient (Wildman–Crippen LogP) is 0.0659. The van der Waals surface area contributed by atoms with Gasteiger partial charge in [-0.05, 0) is 6.92 Å². The third-order valence-electron chi connectivity index (χ3n) is 1.13. The molecule has 0 amide bonds. The number of hydrogen-bond donors (Lipinski definition) is 0. The van der Waals surface area contributed by atoms with E-state index in [-0.39, 0.29) is 11.9 Å². The molecule has 0 radical (unpaired) electrons. The molecule has 0 fully saturated rings. The van der Waals surface area contributed by atoms with Crippen molar-refractivity contribution in [2.45, 2.75) is 12.2 Å². The highest BCUT2D eigenvalue weighted by atomic mass is 32.2. The average molecular weight is 152 g/mol. The van der Waals surface area contributed by atoms with Crippen molar-refractivity contribution in [3.8, 4) is 0 Å². The lowest BCUT2D eigenvalue weighted by Crippen LogP contribution is -2.20. The topological polar surface area (TPSA) is 43.4 Å². The summed E-state index contributed by atoms with van der Waals surface area (Å²) >= 11 is 0. The molecule has 0 aliphatic heterocycles. The monoisotopic (exact) mass is 152 g/mol. The first-order valence-electron chi connectivity index (χ1n) is 2.66. The van der Waals surface area contributed by atoms with Crippen LogP contribution < -0.4 is 0 Å². The highest BCUT2D eigenvalue weighted by Crippen LogP contribution is 1.96. The van der Waals surface area contributed by atoms with Crippen LogP contribution in [-0.4, -0.2) is 33.6 Å². The lowest BCUT2D eigenvalue weighted by molar-refractivity contribution is 0.200. The molecule has 0 aromatic heterocycles. The summed E-state index contributed by atoms with van der Waals surface area (Å²) in [6, 6.07) is 0. The zero-order chi connectivity index (χ0) is 7.49. The summed E-state index contributed by atoms with van der Waals surface area (Å²) in [4.78, 5) is 0. The Morgan fingerprint density at radius 3 is 2.11 bits per heavy atom. The molecular weight excluding hydrogens is 140 g/mol. The van der Waals surface area contributed by atoms with Crippen LogP contribution in [0.3, 0.4) is 0 Å². The fraction of sp³-hybridized carbons (Fsp3) is 1.00. The quantitative estimate of drug-likeness (QED) is 0.574. The number of ether oxygens (including phenoxy) is 1. The maximum absolute atomic E-state index is 10.6. The smallest absolute Gasteiger partial charge is 0.152 e. The lowest BCUT2D eigenvalue weighted by atomic mass is 10.5. The normalized spacial score (nSPS) is 15.4. The van der Waals surface area contributed by atoms with Crippen molar-refractivity contribution in [3.63, 3.8) is 0 Å². The molecule has 4 heteroatoms. The molecule has 0 aromatic rings. The van der Waals surface area contributed by atoms with E-state index >= 15 is 0 Å². The van der Waals surface area contributed by atoms with Gasteiger partial charge in [0, 0.05) is 13.4 Å². The first-order chi connectivity index (χ1) is 3.98. The molecule has 0 saturated heterocycles. The van der Waals surface area contributed by atoms with Gasteiger partial charge in [-0.3, -0.25) is 0 Å². The van der Waals surface area contributed by atoms with Crippen molar-refractivity contribution < 1.29 is 13.2 Å². The van der Waals surface area contributed by atoms with Crippen molar-refractivity contribution in [2.24, 2.45) is 0 Å². The van der Waals surface area contributed by atoms with Gasteiger partial charge >= 0.3 is 0 Å². The van der Waals surface area contributed by atoms with Gasteiger partial charge in [-0.25, -0.2) is 8.42 Å². The molecule has 0 aromatic carbocycles. The van der Waals surface area contributed by atoms with E-state index in [1.807, 2.05) is 0 Å². The first kappa shape index (κ1) is 8.91. The first-order valence-corrected chi connectivity index (χ1v) is 4.61. The van der Waals surface area contributed by atoms with Gasteiger partial charge in [0.15, 0.2) is 9.84 Å². The van der Waals surface area contributed by atoms with E-state index in [2.05, 4.69) is 4.74 Å². The van der Waals surface area contributed by atoms with E-state index in [9.17, 15) is 8.42 Å².